The molecule has 0 aliphatic heterocycles. The topological polar surface area (TPSA) is 0 Å². The van der Waals surface area contributed by atoms with Gasteiger partial charge in [0.05, 0.1) is 5.41 Å². The van der Waals surface area contributed by atoms with Crippen LogP contribution in [-0.2, 0) is 5.41 Å². The van der Waals surface area contributed by atoms with Gasteiger partial charge in [-0.25, -0.2) is 0 Å². The highest BCUT2D eigenvalue weighted by molar-refractivity contribution is 6.96. The zero-order chi connectivity index (χ0) is 34.0. The third-order valence-corrected chi connectivity index (χ3v) is 10.8. The standard InChI is InChI=1S/C49H36B2/c1-7-19-37(20-8-1)49(38-21-9-2-10-22-38)47-35-43(50(39-23-11-3-12-24-39)40-25-13-4-14-26-40)31-33-45(47)46-34-32-44(36-48(46)49)51(41-27-15-5-16-28-41)42-29-17-6-18-30-42/h1-36H. The predicted molar refractivity (Wildman–Crippen MR) is 219 cm³/mol. The van der Waals surface area contributed by atoms with E-state index in [-0.39, 0.29) is 13.4 Å². The molecule has 1 aliphatic carbocycles. The van der Waals surface area contributed by atoms with E-state index in [1.54, 1.807) is 0 Å². The van der Waals surface area contributed by atoms with Crippen molar-refractivity contribution in [2.24, 2.45) is 0 Å². The summed E-state index contributed by atoms with van der Waals surface area (Å²) in [5.74, 6) is 0. The van der Waals surface area contributed by atoms with Crippen molar-refractivity contribution < 1.29 is 0 Å². The van der Waals surface area contributed by atoms with Crippen LogP contribution in [-0.4, -0.2) is 13.4 Å². The van der Waals surface area contributed by atoms with Crippen LogP contribution in [0.5, 0.6) is 0 Å². The van der Waals surface area contributed by atoms with Crippen molar-refractivity contribution in [3.63, 3.8) is 0 Å². The molecule has 238 valence electrons. The van der Waals surface area contributed by atoms with E-state index in [0.717, 1.165) is 0 Å². The van der Waals surface area contributed by atoms with Crippen LogP contribution >= 0.6 is 0 Å². The van der Waals surface area contributed by atoms with Crippen molar-refractivity contribution >= 4 is 46.2 Å². The average molecular weight is 646 g/mol. The molecule has 0 aromatic heterocycles. The van der Waals surface area contributed by atoms with Gasteiger partial charge in [0.2, 0.25) is 13.4 Å². The highest BCUT2D eigenvalue weighted by Crippen LogP contribution is 2.55. The second-order valence-corrected chi connectivity index (χ2v) is 13.6. The Morgan fingerprint density at radius 1 is 0.255 bits per heavy atom. The summed E-state index contributed by atoms with van der Waals surface area (Å²) in [6.07, 6.45) is 0. The number of fused-ring (bicyclic) bond motifs is 3. The van der Waals surface area contributed by atoms with Gasteiger partial charge >= 0.3 is 0 Å². The third kappa shape index (κ3) is 5.36. The first-order valence-electron chi connectivity index (χ1n) is 17.9. The first kappa shape index (κ1) is 30.9. The smallest absolute Gasteiger partial charge is 0.0687 e. The fourth-order valence-corrected chi connectivity index (χ4v) is 8.62. The lowest BCUT2D eigenvalue weighted by molar-refractivity contribution is 0.770. The molecular formula is C49H36B2. The Labute approximate surface area is 302 Å². The lowest BCUT2D eigenvalue weighted by Gasteiger charge is -2.35. The predicted octanol–water partition coefficient (Wildman–Crippen LogP) is 7.08. The fourth-order valence-electron chi connectivity index (χ4n) is 8.62. The Balaban J connectivity index is 1.33. The number of rotatable bonds is 8. The summed E-state index contributed by atoms with van der Waals surface area (Å²) >= 11 is 0. The van der Waals surface area contributed by atoms with Crippen molar-refractivity contribution in [2.75, 3.05) is 0 Å². The largest absolute Gasteiger partial charge is 0.241 e. The molecule has 0 fully saturated rings. The first-order valence-corrected chi connectivity index (χ1v) is 17.9. The molecule has 8 aromatic carbocycles. The quantitative estimate of drug-likeness (QED) is 0.155. The highest BCUT2D eigenvalue weighted by Gasteiger charge is 2.47. The van der Waals surface area contributed by atoms with Crippen LogP contribution in [0, 0.1) is 0 Å². The molecule has 0 nitrogen and oxygen atoms in total. The van der Waals surface area contributed by atoms with E-state index in [4.69, 9.17) is 0 Å². The Kier molecular flexibility index (Phi) is 8.07. The maximum absolute atomic E-state index is 2.52. The zero-order valence-electron chi connectivity index (χ0n) is 28.4. The summed E-state index contributed by atoms with van der Waals surface area (Å²) in [5.41, 5.74) is 15.0. The molecule has 0 N–H and O–H groups in total. The van der Waals surface area contributed by atoms with Crippen molar-refractivity contribution in [2.45, 2.75) is 5.41 Å². The maximum Gasteiger partial charge on any atom is 0.241 e. The summed E-state index contributed by atoms with van der Waals surface area (Å²) in [4.78, 5) is 0. The number of hydrogen-bond donors (Lipinski definition) is 0. The summed E-state index contributed by atoms with van der Waals surface area (Å²) in [6.45, 7) is 0.198. The average Bonchev–Trinajstić information content (AvgIpc) is 3.50. The zero-order valence-corrected chi connectivity index (χ0v) is 28.4. The molecule has 1 aliphatic rings. The molecule has 0 radical (unpaired) electrons. The Morgan fingerprint density at radius 3 is 0.824 bits per heavy atom. The molecule has 51 heavy (non-hydrogen) atoms. The molecule has 0 saturated heterocycles. The normalized spacial score (nSPS) is 12.5. The Bertz CT molecular complexity index is 2140. The molecule has 9 rings (SSSR count). The van der Waals surface area contributed by atoms with Crippen LogP contribution in [0.25, 0.3) is 11.1 Å². The number of hydrogen-bond acceptors (Lipinski definition) is 0. The lowest BCUT2D eigenvalue weighted by Crippen LogP contribution is -2.52. The van der Waals surface area contributed by atoms with Gasteiger partial charge in [0, 0.05) is 0 Å². The van der Waals surface area contributed by atoms with Gasteiger partial charge in [-0.05, 0) is 33.4 Å². The van der Waals surface area contributed by atoms with E-state index in [0.29, 0.717) is 0 Å². The van der Waals surface area contributed by atoms with Crippen molar-refractivity contribution in [1.29, 1.82) is 0 Å². The van der Waals surface area contributed by atoms with Crippen LogP contribution in [0.4, 0.5) is 0 Å². The van der Waals surface area contributed by atoms with E-state index < -0.39 is 5.41 Å². The van der Waals surface area contributed by atoms with Crippen LogP contribution < -0.4 is 32.8 Å². The van der Waals surface area contributed by atoms with Crippen LogP contribution in [0.3, 0.4) is 0 Å². The monoisotopic (exact) mass is 646 g/mol. The van der Waals surface area contributed by atoms with Crippen LogP contribution in [0.15, 0.2) is 218 Å². The third-order valence-electron chi connectivity index (χ3n) is 10.8. The van der Waals surface area contributed by atoms with E-state index in [1.165, 1.54) is 66.2 Å². The molecule has 0 bridgehead atoms. The van der Waals surface area contributed by atoms with Gasteiger partial charge in [0.15, 0.2) is 0 Å². The highest BCUT2D eigenvalue weighted by atomic mass is 14.5. The van der Waals surface area contributed by atoms with Gasteiger partial charge < -0.3 is 0 Å². The van der Waals surface area contributed by atoms with Crippen molar-refractivity contribution in [3.8, 4) is 11.1 Å². The maximum atomic E-state index is 2.52. The van der Waals surface area contributed by atoms with Gasteiger partial charge in [-0.1, -0.05) is 251 Å². The summed E-state index contributed by atoms with van der Waals surface area (Å²) < 4.78 is 0. The minimum atomic E-state index is -0.519. The molecule has 0 heterocycles. The van der Waals surface area contributed by atoms with Crippen LogP contribution in [0.2, 0.25) is 0 Å². The molecule has 0 amide bonds. The molecule has 8 aromatic rings. The van der Waals surface area contributed by atoms with Gasteiger partial charge in [-0.3, -0.25) is 0 Å². The molecule has 0 unspecified atom stereocenters. The minimum Gasteiger partial charge on any atom is -0.0687 e. The lowest BCUT2D eigenvalue weighted by atomic mass is 9.36. The molecule has 0 saturated carbocycles. The minimum absolute atomic E-state index is 0.0989. The van der Waals surface area contributed by atoms with E-state index in [9.17, 15) is 0 Å². The van der Waals surface area contributed by atoms with Crippen molar-refractivity contribution in [3.05, 3.63) is 241 Å². The first-order chi connectivity index (χ1) is 25.3. The summed E-state index contributed by atoms with van der Waals surface area (Å²) in [5, 5.41) is 0. The molecular weight excluding hydrogens is 610 g/mol. The fraction of sp³-hybridized carbons (Fsp3) is 0.0204. The summed E-state index contributed by atoms with van der Waals surface area (Å²) in [6, 6.07) is 80.7. The molecule has 0 atom stereocenters. The Hall–Kier alpha value is -6.11. The van der Waals surface area contributed by atoms with E-state index in [1.807, 2.05) is 0 Å². The second kappa shape index (κ2) is 13.3. The van der Waals surface area contributed by atoms with Crippen LogP contribution in [0.1, 0.15) is 22.3 Å². The SMILES string of the molecule is c1ccc(B(c2ccccc2)c2ccc3c(c2)C(c2ccccc2)(c2ccccc2)c2cc(B(c4ccccc4)c4ccccc4)ccc2-3)cc1. The molecule has 2 heteroatoms. The Morgan fingerprint density at radius 2 is 0.529 bits per heavy atom. The van der Waals surface area contributed by atoms with Gasteiger partial charge in [0.1, 0.15) is 0 Å². The molecule has 0 spiro atoms. The summed E-state index contributed by atoms with van der Waals surface area (Å²) in [7, 11) is 0. The number of benzene rings is 8. The van der Waals surface area contributed by atoms with Gasteiger partial charge in [-0.15, -0.1) is 0 Å². The second-order valence-electron chi connectivity index (χ2n) is 13.6. The van der Waals surface area contributed by atoms with E-state index >= 15 is 0 Å². The van der Waals surface area contributed by atoms with Gasteiger partial charge in [-0.2, -0.15) is 0 Å². The van der Waals surface area contributed by atoms with Crippen molar-refractivity contribution in [1.82, 2.24) is 0 Å². The van der Waals surface area contributed by atoms with Gasteiger partial charge in [0.25, 0.3) is 0 Å². The van der Waals surface area contributed by atoms with E-state index in [2.05, 4.69) is 218 Å².